The van der Waals surface area contributed by atoms with E-state index in [1.807, 2.05) is 30.0 Å². The summed E-state index contributed by atoms with van der Waals surface area (Å²) in [5, 5.41) is 18.9. The van der Waals surface area contributed by atoms with Crippen LogP contribution in [-0.2, 0) is 11.2 Å². The second kappa shape index (κ2) is 8.91. The van der Waals surface area contributed by atoms with E-state index in [0.29, 0.717) is 16.8 Å². The van der Waals surface area contributed by atoms with Crippen LogP contribution in [0.2, 0.25) is 0 Å². The molecule has 2 aromatic rings. The maximum atomic E-state index is 12.2. The number of carbonyl (C=O) groups is 2. The van der Waals surface area contributed by atoms with Gasteiger partial charge >= 0.3 is 6.03 Å². The van der Waals surface area contributed by atoms with Crippen LogP contribution in [0.25, 0.3) is 0 Å². The van der Waals surface area contributed by atoms with Gasteiger partial charge in [0.1, 0.15) is 5.01 Å². The average molecular weight is 418 g/mol. The Morgan fingerprint density at radius 1 is 1.18 bits per heavy atom. The van der Waals surface area contributed by atoms with Gasteiger partial charge in [0.15, 0.2) is 0 Å². The standard InChI is InChI=1S/C19H23N5O2S2/c25-15(9-5-4-8-14-17-13(11-27-14)20-18(26)22-17)21-19-24-23-16(28-19)10-12-6-2-1-3-7-12/h1-3,6-7,13-14,17H,4-5,8-11H2,(H2,20,22,26)(H,21,24,25)/t13-,14+,17+/m0/s1. The number of thioether (sulfide) groups is 1. The quantitative estimate of drug-likeness (QED) is 0.453. The number of carbonyl (C=O) groups excluding carboxylic acids is 2. The molecule has 0 saturated carbocycles. The van der Waals surface area contributed by atoms with Crippen molar-refractivity contribution in [3.63, 3.8) is 0 Å². The monoisotopic (exact) mass is 417 g/mol. The molecule has 28 heavy (non-hydrogen) atoms. The minimum absolute atomic E-state index is 0.0183. The molecule has 3 amide bonds. The summed E-state index contributed by atoms with van der Waals surface area (Å²) in [6.07, 6.45) is 4.02. The minimum atomic E-state index is -0.0524. The molecule has 1 aromatic heterocycles. The zero-order chi connectivity index (χ0) is 19.3. The number of rotatable bonds is 8. The summed E-state index contributed by atoms with van der Waals surface area (Å²) in [6.45, 7) is 0. The molecule has 2 aliphatic heterocycles. The lowest BCUT2D eigenvalue weighted by Crippen LogP contribution is -2.36. The van der Waals surface area contributed by atoms with Crippen LogP contribution in [0, 0.1) is 0 Å². The summed E-state index contributed by atoms with van der Waals surface area (Å²) in [7, 11) is 0. The van der Waals surface area contributed by atoms with E-state index >= 15 is 0 Å². The highest BCUT2D eigenvalue weighted by Gasteiger charge is 2.42. The summed E-state index contributed by atoms with van der Waals surface area (Å²) in [5.74, 6) is 0.951. The van der Waals surface area contributed by atoms with Gasteiger partial charge in [-0.05, 0) is 18.4 Å². The van der Waals surface area contributed by atoms with Crippen molar-refractivity contribution in [3.8, 4) is 0 Å². The summed E-state index contributed by atoms with van der Waals surface area (Å²) < 4.78 is 0. The predicted molar refractivity (Wildman–Crippen MR) is 112 cm³/mol. The highest BCUT2D eigenvalue weighted by Crippen LogP contribution is 2.33. The number of benzene rings is 1. The number of nitrogens with zero attached hydrogens (tertiary/aromatic N) is 2. The molecule has 148 valence electrons. The molecular weight excluding hydrogens is 394 g/mol. The number of urea groups is 1. The predicted octanol–water partition coefficient (Wildman–Crippen LogP) is 2.79. The van der Waals surface area contributed by atoms with Gasteiger partial charge in [0.25, 0.3) is 0 Å². The summed E-state index contributed by atoms with van der Waals surface area (Å²) >= 11 is 3.33. The normalized spacial score (nSPS) is 23.1. The molecule has 9 heteroatoms. The van der Waals surface area contributed by atoms with Gasteiger partial charge in [-0.1, -0.05) is 48.1 Å². The Kier molecular flexibility index (Phi) is 6.11. The van der Waals surface area contributed by atoms with E-state index in [1.165, 1.54) is 16.9 Å². The fraction of sp³-hybridized carbons (Fsp3) is 0.474. The van der Waals surface area contributed by atoms with Gasteiger partial charge in [0, 0.05) is 23.8 Å². The van der Waals surface area contributed by atoms with E-state index in [9.17, 15) is 9.59 Å². The van der Waals surface area contributed by atoms with Gasteiger partial charge in [0.2, 0.25) is 11.0 Å². The SMILES string of the molecule is O=C(CCCC[C@H]1SC[C@@H]2NC(=O)N[C@H]21)Nc1nnc(Cc2ccccc2)s1. The molecule has 7 nitrogen and oxygen atoms in total. The van der Waals surface area contributed by atoms with Crippen molar-refractivity contribution >= 4 is 40.2 Å². The molecule has 3 atom stereocenters. The maximum absolute atomic E-state index is 12.2. The third-order valence-electron chi connectivity index (χ3n) is 4.99. The lowest BCUT2D eigenvalue weighted by molar-refractivity contribution is -0.116. The zero-order valence-electron chi connectivity index (χ0n) is 15.4. The molecule has 2 fully saturated rings. The van der Waals surface area contributed by atoms with E-state index in [-0.39, 0.29) is 24.0 Å². The molecule has 1 aromatic carbocycles. The first kappa shape index (κ1) is 19.2. The van der Waals surface area contributed by atoms with Crippen LogP contribution in [0.4, 0.5) is 9.93 Å². The van der Waals surface area contributed by atoms with E-state index in [0.717, 1.165) is 36.4 Å². The number of hydrogen-bond acceptors (Lipinski definition) is 6. The van der Waals surface area contributed by atoms with E-state index in [2.05, 4.69) is 38.3 Å². The Hall–Kier alpha value is -2.13. The van der Waals surface area contributed by atoms with Crippen molar-refractivity contribution in [2.45, 2.75) is 49.4 Å². The second-order valence-corrected chi connectivity index (χ2v) is 9.41. The number of unbranched alkanes of at least 4 members (excludes halogenated alkanes) is 1. The van der Waals surface area contributed by atoms with Crippen molar-refractivity contribution < 1.29 is 9.59 Å². The smallest absolute Gasteiger partial charge is 0.315 e. The van der Waals surface area contributed by atoms with E-state index < -0.39 is 0 Å². The van der Waals surface area contributed by atoms with Crippen LogP contribution in [0.5, 0.6) is 0 Å². The summed E-state index contributed by atoms with van der Waals surface area (Å²) in [4.78, 5) is 23.6. The molecule has 3 N–H and O–H groups in total. The zero-order valence-corrected chi connectivity index (χ0v) is 17.0. The first-order chi connectivity index (χ1) is 13.7. The molecular formula is C19H23N5O2S2. The molecule has 0 aliphatic carbocycles. The molecule has 2 aliphatic rings. The molecule has 4 rings (SSSR count). The molecule has 0 bridgehead atoms. The highest BCUT2D eigenvalue weighted by atomic mass is 32.2. The van der Waals surface area contributed by atoms with E-state index in [1.54, 1.807) is 0 Å². The molecule has 0 spiro atoms. The lowest BCUT2D eigenvalue weighted by Gasteiger charge is -2.16. The van der Waals surface area contributed by atoms with Crippen molar-refractivity contribution in [2.24, 2.45) is 0 Å². The number of nitrogens with one attached hydrogen (secondary N) is 3. The number of aromatic nitrogens is 2. The largest absolute Gasteiger partial charge is 0.332 e. The Morgan fingerprint density at radius 2 is 2.04 bits per heavy atom. The molecule has 3 heterocycles. The summed E-state index contributed by atoms with van der Waals surface area (Å²) in [5.41, 5.74) is 1.18. The van der Waals surface area contributed by atoms with Gasteiger partial charge in [0.05, 0.1) is 12.1 Å². The van der Waals surface area contributed by atoms with Crippen LogP contribution in [0.15, 0.2) is 30.3 Å². The van der Waals surface area contributed by atoms with Gasteiger partial charge in [-0.3, -0.25) is 4.79 Å². The fourth-order valence-corrected chi connectivity index (χ4v) is 5.94. The third-order valence-corrected chi connectivity index (χ3v) is 7.34. The fourth-order valence-electron chi connectivity index (χ4n) is 3.60. The van der Waals surface area contributed by atoms with Crippen LogP contribution < -0.4 is 16.0 Å². The lowest BCUT2D eigenvalue weighted by atomic mass is 10.0. The first-order valence-corrected chi connectivity index (χ1v) is 11.4. The van der Waals surface area contributed by atoms with Gasteiger partial charge in [-0.15, -0.1) is 10.2 Å². The first-order valence-electron chi connectivity index (χ1n) is 9.52. The van der Waals surface area contributed by atoms with Crippen molar-refractivity contribution in [3.05, 3.63) is 40.9 Å². The number of anilines is 1. The van der Waals surface area contributed by atoms with Crippen LogP contribution in [-0.4, -0.2) is 45.2 Å². The number of hydrogen-bond donors (Lipinski definition) is 3. The minimum Gasteiger partial charge on any atom is -0.332 e. The maximum Gasteiger partial charge on any atom is 0.315 e. The average Bonchev–Trinajstić information content (AvgIpc) is 3.36. The Balaban J connectivity index is 1.16. The van der Waals surface area contributed by atoms with Crippen molar-refractivity contribution in [1.82, 2.24) is 20.8 Å². The van der Waals surface area contributed by atoms with Crippen LogP contribution in [0.3, 0.4) is 0 Å². The second-order valence-electron chi connectivity index (χ2n) is 7.08. The van der Waals surface area contributed by atoms with E-state index in [4.69, 9.17) is 0 Å². The Morgan fingerprint density at radius 3 is 2.89 bits per heavy atom. The molecule has 0 radical (unpaired) electrons. The number of amides is 3. The topological polar surface area (TPSA) is 96.0 Å². The molecule has 0 unspecified atom stereocenters. The Bertz CT molecular complexity index is 829. The highest BCUT2D eigenvalue weighted by molar-refractivity contribution is 8.00. The van der Waals surface area contributed by atoms with Crippen molar-refractivity contribution in [1.29, 1.82) is 0 Å². The van der Waals surface area contributed by atoms with Crippen molar-refractivity contribution in [2.75, 3.05) is 11.1 Å². The van der Waals surface area contributed by atoms with Gasteiger partial charge < -0.3 is 16.0 Å². The van der Waals surface area contributed by atoms with Gasteiger partial charge in [-0.2, -0.15) is 11.8 Å². The van der Waals surface area contributed by atoms with Crippen LogP contribution >= 0.6 is 23.1 Å². The molecule has 2 saturated heterocycles. The number of fused-ring (bicyclic) bond motifs is 1. The van der Waals surface area contributed by atoms with Crippen LogP contribution in [0.1, 0.15) is 36.3 Å². The third kappa shape index (κ3) is 4.82. The summed E-state index contributed by atoms with van der Waals surface area (Å²) in [6, 6.07) is 10.5. The Labute approximate surface area is 172 Å². The van der Waals surface area contributed by atoms with Gasteiger partial charge in [-0.25, -0.2) is 4.79 Å².